The Bertz CT molecular complexity index is 118. The van der Waals surface area contributed by atoms with Gasteiger partial charge in [-0.25, -0.2) is 0 Å². The first kappa shape index (κ1) is 8.67. The van der Waals surface area contributed by atoms with Crippen molar-refractivity contribution in [1.82, 2.24) is 0 Å². The third-order valence-corrected chi connectivity index (χ3v) is 2.81. The van der Waals surface area contributed by atoms with Crippen molar-refractivity contribution in [2.24, 2.45) is 5.73 Å². The topological polar surface area (TPSA) is 58.8 Å². The summed E-state index contributed by atoms with van der Waals surface area (Å²) in [5, 5.41) is 8.17. The lowest BCUT2D eigenvalue weighted by Crippen LogP contribution is -2.36. The summed E-state index contributed by atoms with van der Waals surface area (Å²) in [6, 6.07) is -0.245. The number of nitrogens with two attached hydrogens (primary N) is 1. The van der Waals surface area contributed by atoms with Gasteiger partial charge in [0.15, 0.2) is 0 Å². The Labute approximate surface area is 68.9 Å². The summed E-state index contributed by atoms with van der Waals surface area (Å²) < 4.78 is 4.69. The van der Waals surface area contributed by atoms with Crippen LogP contribution < -0.4 is 5.73 Å². The minimum Gasteiger partial charge on any atom is -0.354 e. The molecule has 0 amide bonds. The molecule has 0 bridgehead atoms. The third-order valence-electron chi connectivity index (χ3n) is 1.36. The van der Waals surface area contributed by atoms with E-state index in [2.05, 4.69) is 0 Å². The van der Waals surface area contributed by atoms with Gasteiger partial charge in [-0.1, -0.05) is 0 Å². The fraction of sp³-hybridized carbons (Fsp3) is 1.00. The van der Waals surface area contributed by atoms with Gasteiger partial charge in [0.1, 0.15) is 0 Å². The Morgan fingerprint density at radius 1 is 1.90 bits per heavy atom. The van der Waals surface area contributed by atoms with Crippen LogP contribution in [0.25, 0.3) is 0 Å². The van der Waals surface area contributed by atoms with E-state index < -0.39 is 5.12 Å². The highest BCUT2D eigenvalue weighted by atomic mass is 32.2. The van der Waals surface area contributed by atoms with Crippen LogP contribution in [-0.2, 0) is 4.18 Å². The van der Waals surface area contributed by atoms with E-state index in [9.17, 15) is 5.11 Å². The molecule has 3 N–H and O–H groups in total. The van der Waals surface area contributed by atoms with Crippen LogP contribution in [0.5, 0.6) is 0 Å². The van der Waals surface area contributed by atoms with Crippen molar-refractivity contribution in [3.8, 4) is 0 Å². The lowest BCUT2D eigenvalue weighted by atomic mass is 10.2. The number of thioether (sulfide) groups is 1. The molecule has 5 heteroatoms. The van der Waals surface area contributed by atoms with Gasteiger partial charge in [-0.15, -0.1) is 0 Å². The standard InChI is InChI=1S/C5H11NO2S2/c1-9-3-2-4(6)5(7)8-10-5/h4,7H,2-3,6H2,1H3/t4-,5?/m0/s1. The number of aliphatic hydroxyl groups is 1. The molecule has 1 heterocycles. The Balaban J connectivity index is 2.15. The zero-order valence-electron chi connectivity index (χ0n) is 5.74. The summed E-state index contributed by atoms with van der Waals surface area (Å²) in [5.41, 5.74) is 5.59. The van der Waals surface area contributed by atoms with Crippen LogP contribution >= 0.6 is 23.8 Å². The van der Waals surface area contributed by atoms with Crippen LogP contribution in [0.2, 0.25) is 0 Å². The Morgan fingerprint density at radius 2 is 2.50 bits per heavy atom. The molecule has 0 saturated carbocycles. The largest absolute Gasteiger partial charge is 0.354 e. The molecule has 10 heavy (non-hydrogen) atoms. The van der Waals surface area contributed by atoms with E-state index in [4.69, 9.17) is 9.92 Å². The van der Waals surface area contributed by atoms with Crippen molar-refractivity contribution >= 4 is 23.8 Å². The molecule has 0 aliphatic carbocycles. The molecule has 1 rings (SSSR count). The maximum atomic E-state index is 9.23. The second-order valence-electron chi connectivity index (χ2n) is 2.19. The predicted molar refractivity (Wildman–Crippen MR) is 44.6 cm³/mol. The van der Waals surface area contributed by atoms with Crippen molar-refractivity contribution < 1.29 is 9.29 Å². The van der Waals surface area contributed by atoms with Gasteiger partial charge < -0.3 is 10.8 Å². The Hall–Kier alpha value is 0.580. The highest BCUT2D eigenvalue weighted by Gasteiger charge is 2.51. The van der Waals surface area contributed by atoms with Crippen molar-refractivity contribution in [2.45, 2.75) is 17.6 Å². The van der Waals surface area contributed by atoms with Gasteiger partial charge in [0.05, 0.1) is 18.1 Å². The molecule has 1 saturated heterocycles. The molecule has 1 aliphatic rings. The molecule has 0 aromatic carbocycles. The zero-order valence-corrected chi connectivity index (χ0v) is 7.37. The summed E-state index contributed by atoms with van der Waals surface area (Å²) in [4.78, 5) is 0. The van der Waals surface area contributed by atoms with E-state index >= 15 is 0 Å². The first-order valence-corrected chi connectivity index (χ1v) is 5.16. The molecule has 0 spiro atoms. The van der Waals surface area contributed by atoms with Gasteiger partial charge in [0.2, 0.25) is 0 Å². The zero-order chi connectivity index (χ0) is 7.61. The summed E-state index contributed by atoms with van der Waals surface area (Å²) in [7, 11) is 0. The number of hydrogen-bond acceptors (Lipinski definition) is 5. The van der Waals surface area contributed by atoms with Gasteiger partial charge in [0.25, 0.3) is 5.12 Å². The van der Waals surface area contributed by atoms with E-state index in [1.54, 1.807) is 11.8 Å². The molecular formula is C5H11NO2S2. The minimum absolute atomic E-state index is 0.245. The summed E-state index contributed by atoms with van der Waals surface area (Å²) in [5.74, 6) is 0.966. The number of rotatable bonds is 4. The van der Waals surface area contributed by atoms with Gasteiger partial charge in [-0.2, -0.15) is 11.8 Å². The van der Waals surface area contributed by atoms with Crippen molar-refractivity contribution in [2.75, 3.05) is 12.0 Å². The van der Waals surface area contributed by atoms with Crippen LogP contribution in [0, 0.1) is 0 Å². The Kier molecular flexibility index (Phi) is 2.88. The lowest BCUT2D eigenvalue weighted by Gasteiger charge is -2.10. The van der Waals surface area contributed by atoms with E-state index in [1.807, 2.05) is 6.26 Å². The maximum absolute atomic E-state index is 9.23. The fourth-order valence-corrected chi connectivity index (χ4v) is 1.53. The molecule has 1 fully saturated rings. The summed E-state index contributed by atoms with van der Waals surface area (Å²) in [6.07, 6.45) is 2.81. The monoisotopic (exact) mass is 181 g/mol. The van der Waals surface area contributed by atoms with Crippen LogP contribution in [0.1, 0.15) is 6.42 Å². The van der Waals surface area contributed by atoms with Crippen LogP contribution in [0.3, 0.4) is 0 Å². The van der Waals surface area contributed by atoms with E-state index in [-0.39, 0.29) is 6.04 Å². The molecular weight excluding hydrogens is 170 g/mol. The van der Waals surface area contributed by atoms with Crippen LogP contribution in [-0.4, -0.2) is 28.3 Å². The quantitative estimate of drug-likeness (QED) is 0.485. The first-order valence-electron chi connectivity index (χ1n) is 3.03. The smallest absolute Gasteiger partial charge is 0.268 e. The van der Waals surface area contributed by atoms with Crippen LogP contribution in [0.15, 0.2) is 0 Å². The van der Waals surface area contributed by atoms with Crippen molar-refractivity contribution in [1.29, 1.82) is 0 Å². The molecule has 0 aromatic rings. The molecule has 0 aromatic heterocycles. The maximum Gasteiger partial charge on any atom is 0.268 e. The normalized spacial score (nSPS) is 33.9. The van der Waals surface area contributed by atoms with Crippen molar-refractivity contribution in [3.63, 3.8) is 0 Å². The van der Waals surface area contributed by atoms with Crippen molar-refractivity contribution in [3.05, 3.63) is 0 Å². The van der Waals surface area contributed by atoms with E-state index in [0.29, 0.717) is 0 Å². The lowest BCUT2D eigenvalue weighted by molar-refractivity contribution is 0.0127. The fourth-order valence-electron chi connectivity index (χ4n) is 0.594. The summed E-state index contributed by atoms with van der Waals surface area (Å²) >= 11 is 2.77. The van der Waals surface area contributed by atoms with Gasteiger partial charge in [-0.3, -0.25) is 4.18 Å². The van der Waals surface area contributed by atoms with Crippen LogP contribution in [0.4, 0.5) is 0 Å². The molecule has 0 radical (unpaired) electrons. The average molecular weight is 181 g/mol. The second-order valence-corrected chi connectivity index (χ2v) is 4.09. The SMILES string of the molecule is CSCC[C@H](N)C1(O)OS1. The molecule has 1 aliphatic heterocycles. The highest BCUT2D eigenvalue weighted by Crippen LogP contribution is 2.47. The second kappa shape index (κ2) is 3.32. The molecule has 1 unspecified atom stereocenters. The molecule has 60 valence electrons. The molecule has 2 atom stereocenters. The van der Waals surface area contributed by atoms with E-state index in [0.717, 1.165) is 24.2 Å². The van der Waals surface area contributed by atoms with Gasteiger partial charge in [-0.05, 0) is 18.4 Å². The third kappa shape index (κ3) is 2.03. The van der Waals surface area contributed by atoms with Gasteiger partial charge >= 0.3 is 0 Å². The first-order chi connectivity index (χ1) is 4.69. The van der Waals surface area contributed by atoms with E-state index in [1.165, 1.54) is 0 Å². The van der Waals surface area contributed by atoms with Gasteiger partial charge in [0, 0.05) is 0 Å². The summed E-state index contributed by atoms with van der Waals surface area (Å²) in [6.45, 7) is 0. The minimum atomic E-state index is -1.06. The highest BCUT2D eigenvalue weighted by molar-refractivity contribution is 8.01. The number of hydrogen-bond donors (Lipinski definition) is 2. The molecule has 3 nitrogen and oxygen atoms in total. The predicted octanol–water partition coefficient (Wildman–Crippen LogP) is 0.391. The average Bonchev–Trinajstić information content (AvgIpc) is 2.64. The Morgan fingerprint density at radius 3 is 2.90 bits per heavy atom.